The molecule has 6 nitrogen and oxygen atoms in total. The van der Waals surface area contributed by atoms with Crippen molar-refractivity contribution >= 4 is 28.3 Å². The van der Waals surface area contributed by atoms with Crippen molar-refractivity contribution in [2.75, 3.05) is 0 Å². The average Bonchev–Trinajstić information content (AvgIpc) is 3.11. The first-order valence-corrected chi connectivity index (χ1v) is 8.18. The molecule has 1 unspecified atom stereocenters. The van der Waals surface area contributed by atoms with Gasteiger partial charge in [-0.2, -0.15) is 0 Å². The van der Waals surface area contributed by atoms with Crippen LogP contribution in [0.4, 0.5) is 0 Å². The Morgan fingerprint density at radius 3 is 2.87 bits per heavy atom. The van der Waals surface area contributed by atoms with Crippen molar-refractivity contribution in [2.45, 2.75) is 26.8 Å². The second kappa shape index (κ2) is 6.00. The van der Waals surface area contributed by atoms with Crippen LogP contribution in [0, 0.1) is 12.8 Å². The Morgan fingerprint density at radius 1 is 1.43 bits per heavy atom. The zero-order valence-corrected chi connectivity index (χ0v) is 13.9. The molecule has 120 valence electrons. The monoisotopic (exact) mass is 331 g/mol. The molecule has 0 saturated carbocycles. The van der Waals surface area contributed by atoms with E-state index in [0.29, 0.717) is 5.76 Å². The van der Waals surface area contributed by atoms with E-state index in [9.17, 15) is 9.59 Å². The fraction of sp³-hybridized carbons (Fsp3) is 0.312. The first-order chi connectivity index (χ1) is 11.0. The van der Waals surface area contributed by atoms with E-state index < -0.39 is 0 Å². The third-order valence-corrected chi connectivity index (χ3v) is 4.66. The summed E-state index contributed by atoms with van der Waals surface area (Å²) in [5.74, 6) is 0.273. The Kier molecular flexibility index (Phi) is 4.04. The van der Waals surface area contributed by atoms with E-state index in [-0.39, 0.29) is 40.1 Å². The quantitative estimate of drug-likeness (QED) is 0.769. The highest BCUT2D eigenvalue weighted by Crippen LogP contribution is 2.27. The SMILES string of the molecule is Cc1oc2nc[nH]c(=O)c2c1C(=O)NC(c1cccs1)C(C)C. The van der Waals surface area contributed by atoms with Gasteiger partial charge in [0, 0.05) is 4.88 Å². The number of furan rings is 1. The van der Waals surface area contributed by atoms with Gasteiger partial charge in [0.15, 0.2) is 0 Å². The van der Waals surface area contributed by atoms with E-state index in [2.05, 4.69) is 15.3 Å². The number of thiophene rings is 1. The summed E-state index contributed by atoms with van der Waals surface area (Å²) in [4.78, 5) is 32.3. The third-order valence-electron chi connectivity index (χ3n) is 3.70. The predicted molar refractivity (Wildman–Crippen MR) is 88.7 cm³/mol. The highest BCUT2D eigenvalue weighted by Gasteiger charge is 2.26. The molecule has 0 aliphatic carbocycles. The van der Waals surface area contributed by atoms with Crippen LogP contribution in [0.5, 0.6) is 0 Å². The van der Waals surface area contributed by atoms with Crippen LogP contribution in [0.15, 0.2) is 33.1 Å². The van der Waals surface area contributed by atoms with Crippen molar-refractivity contribution in [1.29, 1.82) is 0 Å². The van der Waals surface area contributed by atoms with Crippen LogP contribution in [0.3, 0.4) is 0 Å². The molecule has 0 aliphatic rings. The van der Waals surface area contributed by atoms with Crippen molar-refractivity contribution < 1.29 is 9.21 Å². The standard InChI is InChI=1S/C16H17N3O3S/c1-8(2)13(10-5-4-6-23-10)19-15(21)11-9(3)22-16-12(11)14(20)17-7-18-16/h4-8,13H,1-3H3,(H,19,21)(H,17,18,20). The Hall–Kier alpha value is -2.41. The first-order valence-electron chi connectivity index (χ1n) is 7.30. The van der Waals surface area contributed by atoms with Crippen LogP contribution in [-0.4, -0.2) is 15.9 Å². The smallest absolute Gasteiger partial charge is 0.262 e. The van der Waals surface area contributed by atoms with Crippen LogP contribution < -0.4 is 10.9 Å². The Labute approximate surface area is 136 Å². The minimum Gasteiger partial charge on any atom is -0.442 e. The topological polar surface area (TPSA) is 88.0 Å². The molecule has 0 fully saturated rings. The fourth-order valence-corrected chi connectivity index (χ4v) is 3.52. The van der Waals surface area contributed by atoms with Gasteiger partial charge in [0.25, 0.3) is 11.5 Å². The van der Waals surface area contributed by atoms with Gasteiger partial charge in [-0.1, -0.05) is 19.9 Å². The normalized spacial score (nSPS) is 12.7. The molecule has 2 N–H and O–H groups in total. The second-order valence-electron chi connectivity index (χ2n) is 5.66. The second-order valence-corrected chi connectivity index (χ2v) is 6.63. The minimum atomic E-state index is -0.380. The lowest BCUT2D eigenvalue weighted by Gasteiger charge is -2.21. The zero-order valence-electron chi connectivity index (χ0n) is 13.0. The molecular weight excluding hydrogens is 314 g/mol. The van der Waals surface area contributed by atoms with Gasteiger partial charge >= 0.3 is 0 Å². The number of fused-ring (bicyclic) bond motifs is 1. The van der Waals surface area contributed by atoms with Gasteiger partial charge in [0.1, 0.15) is 11.1 Å². The summed E-state index contributed by atoms with van der Waals surface area (Å²) < 4.78 is 5.44. The number of hydrogen-bond donors (Lipinski definition) is 2. The van der Waals surface area contributed by atoms with Gasteiger partial charge in [0.2, 0.25) is 5.71 Å². The van der Waals surface area contributed by atoms with Crippen molar-refractivity contribution in [2.24, 2.45) is 5.92 Å². The summed E-state index contributed by atoms with van der Waals surface area (Å²) >= 11 is 1.59. The van der Waals surface area contributed by atoms with Gasteiger partial charge in [-0.25, -0.2) is 4.98 Å². The number of carbonyl (C=O) groups is 1. The van der Waals surface area contributed by atoms with E-state index in [1.165, 1.54) is 6.33 Å². The Bertz CT molecular complexity index is 893. The molecule has 7 heteroatoms. The molecule has 0 bridgehead atoms. The Balaban J connectivity index is 2.01. The molecule has 3 aromatic rings. The lowest BCUT2D eigenvalue weighted by molar-refractivity contribution is 0.0926. The van der Waals surface area contributed by atoms with E-state index in [1.807, 2.05) is 31.4 Å². The summed E-state index contributed by atoms with van der Waals surface area (Å²) in [6.07, 6.45) is 1.26. The summed E-state index contributed by atoms with van der Waals surface area (Å²) in [7, 11) is 0. The molecule has 0 aliphatic heterocycles. The molecule has 0 saturated heterocycles. The van der Waals surface area contributed by atoms with Crippen LogP contribution in [0.1, 0.15) is 40.9 Å². The number of hydrogen-bond acceptors (Lipinski definition) is 5. The fourth-order valence-electron chi connectivity index (χ4n) is 2.57. The van der Waals surface area contributed by atoms with Crippen molar-refractivity contribution in [1.82, 2.24) is 15.3 Å². The minimum absolute atomic E-state index is 0.123. The first kappa shape index (κ1) is 15.5. The van der Waals surface area contributed by atoms with Crippen LogP contribution in [0.2, 0.25) is 0 Å². The highest BCUT2D eigenvalue weighted by atomic mass is 32.1. The highest BCUT2D eigenvalue weighted by molar-refractivity contribution is 7.10. The third kappa shape index (κ3) is 2.79. The number of aryl methyl sites for hydroxylation is 1. The number of carbonyl (C=O) groups excluding carboxylic acids is 1. The van der Waals surface area contributed by atoms with E-state index >= 15 is 0 Å². The molecule has 1 amide bonds. The molecule has 0 spiro atoms. The maximum atomic E-state index is 12.8. The van der Waals surface area contributed by atoms with Crippen molar-refractivity contribution in [3.63, 3.8) is 0 Å². The number of rotatable bonds is 4. The van der Waals surface area contributed by atoms with Crippen LogP contribution >= 0.6 is 11.3 Å². The number of H-pyrrole nitrogens is 1. The predicted octanol–water partition coefficient (Wildman–Crippen LogP) is 3.01. The maximum absolute atomic E-state index is 12.8. The molecular formula is C16H17N3O3S. The molecule has 3 aromatic heterocycles. The van der Waals surface area contributed by atoms with Crippen LogP contribution in [-0.2, 0) is 0 Å². The number of aromatic amines is 1. The number of nitrogens with one attached hydrogen (secondary N) is 2. The van der Waals surface area contributed by atoms with Crippen molar-refractivity contribution in [3.8, 4) is 0 Å². The average molecular weight is 331 g/mol. The van der Waals surface area contributed by atoms with Crippen LogP contribution in [0.25, 0.3) is 11.1 Å². The summed E-state index contributed by atoms with van der Waals surface area (Å²) in [6, 6.07) is 3.82. The number of nitrogens with zero attached hydrogens (tertiary/aromatic N) is 1. The number of aromatic nitrogens is 2. The maximum Gasteiger partial charge on any atom is 0.262 e. The summed E-state index contributed by atoms with van der Waals surface area (Å²) in [5, 5.41) is 5.18. The lowest BCUT2D eigenvalue weighted by atomic mass is 10.0. The largest absolute Gasteiger partial charge is 0.442 e. The number of amides is 1. The molecule has 3 rings (SSSR count). The molecule has 0 aromatic carbocycles. The molecule has 0 radical (unpaired) electrons. The zero-order chi connectivity index (χ0) is 16.6. The molecule has 3 heterocycles. The van der Waals surface area contributed by atoms with E-state index in [4.69, 9.17) is 4.42 Å². The Morgan fingerprint density at radius 2 is 2.22 bits per heavy atom. The van der Waals surface area contributed by atoms with Crippen molar-refractivity contribution in [3.05, 3.63) is 50.4 Å². The summed E-state index contributed by atoms with van der Waals surface area (Å²) in [5.41, 5.74) is 0.0411. The van der Waals surface area contributed by atoms with Gasteiger partial charge in [-0.05, 0) is 24.3 Å². The molecule has 1 atom stereocenters. The molecule has 23 heavy (non-hydrogen) atoms. The van der Waals surface area contributed by atoms with Gasteiger partial charge in [-0.3, -0.25) is 9.59 Å². The van der Waals surface area contributed by atoms with Gasteiger partial charge in [-0.15, -0.1) is 11.3 Å². The van der Waals surface area contributed by atoms with Gasteiger partial charge < -0.3 is 14.7 Å². The summed E-state index contributed by atoms with van der Waals surface area (Å²) in [6.45, 7) is 5.74. The lowest BCUT2D eigenvalue weighted by Crippen LogP contribution is -2.32. The van der Waals surface area contributed by atoms with E-state index in [0.717, 1.165) is 4.88 Å². The van der Waals surface area contributed by atoms with Gasteiger partial charge in [0.05, 0.1) is 17.9 Å². The van der Waals surface area contributed by atoms with E-state index in [1.54, 1.807) is 18.3 Å².